The van der Waals surface area contributed by atoms with Gasteiger partial charge in [-0.2, -0.15) is 5.10 Å². The van der Waals surface area contributed by atoms with Gasteiger partial charge in [0.15, 0.2) is 5.75 Å². The van der Waals surface area contributed by atoms with Crippen molar-refractivity contribution in [1.29, 1.82) is 0 Å². The van der Waals surface area contributed by atoms with Gasteiger partial charge in [-0.1, -0.05) is 44.8 Å². The molecule has 0 aliphatic carbocycles. The van der Waals surface area contributed by atoms with E-state index in [9.17, 15) is 0 Å². The molecule has 0 saturated heterocycles. The van der Waals surface area contributed by atoms with E-state index in [-0.39, 0.29) is 0 Å². The molecule has 1 heterocycles. The normalized spacial score (nSPS) is 10.6. The van der Waals surface area contributed by atoms with Gasteiger partial charge in [0.2, 0.25) is 0 Å². The molecule has 0 N–H and O–H groups in total. The number of nitrogens with zero attached hydrogens (tertiary/aromatic N) is 2. The Morgan fingerprint density at radius 3 is 2.94 bits per heavy atom. The van der Waals surface area contributed by atoms with Crippen LogP contribution in [0.25, 0.3) is 0 Å². The number of hydrogen-bond donors (Lipinski definition) is 0. The van der Waals surface area contributed by atoms with Gasteiger partial charge in [0, 0.05) is 21.9 Å². The molecule has 0 amide bonds. The lowest BCUT2D eigenvalue weighted by atomic mass is 10.2. The van der Waals surface area contributed by atoms with Crippen LogP contribution in [0, 0.1) is 0 Å². The number of rotatable bonds is 5. The standard InChI is InChI=1S/C13H14Br2N2O/c1-2-5-17-9-12(8-16-17)18-13-6-11(15)4-3-10(13)7-14/h3-4,6,8-9H,2,5,7H2,1H3. The van der Waals surface area contributed by atoms with E-state index in [0.29, 0.717) is 0 Å². The summed E-state index contributed by atoms with van der Waals surface area (Å²) in [5.41, 5.74) is 1.11. The number of halogens is 2. The Morgan fingerprint density at radius 2 is 2.22 bits per heavy atom. The van der Waals surface area contributed by atoms with Gasteiger partial charge < -0.3 is 4.74 Å². The Labute approximate surface area is 123 Å². The maximum absolute atomic E-state index is 5.86. The predicted octanol–water partition coefficient (Wildman–Crippen LogP) is 4.74. The molecule has 0 unspecified atom stereocenters. The van der Waals surface area contributed by atoms with E-state index in [1.54, 1.807) is 6.20 Å². The van der Waals surface area contributed by atoms with Crippen LogP contribution in [0.1, 0.15) is 18.9 Å². The molecule has 0 radical (unpaired) electrons. The van der Waals surface area contributed by atoms with Crippen molar-refractivity contribution in [1.82, 2.24) is 9.78 Å². The zero-order valence-electron chi connectivity index (χ0n) is 10.1. The Bertz CT molecular complexity index is 525. The van der Waals surface area contributed by atoms with Crippen LogP contribution in [-0.4, -0.2) is 9.78 Å². The van der Waals surface area contributed by atoms with Gasteiger partial charge in [-0.25, -0.2) is 0 Å². The van der Waals surface area contributed by atoms with Crippen molar-refractivity contribution in [3.05, 3.63) is 40.6 Å². The zero-order chi connectivity index (χ0) is 13.0. The molecule has 0 bridgehead atoms. The molecule has 3 nitrogen and oxygen atoms in total. The van der Waals surface area contributed by atoms with E-state index < -0.39 is 0 Å². The molecular formula is C13H14Br2N2O. The van der Waals surface area contributed by atoms with Gasteiger partial charge in [-0.15, -0.1) is 0 Å². The second kappa shape index (κ2) is 6.38. The highest BCUT2D eigenvalue weighted by molar-refractivity contribution is 9.10. The van der Waals surface area contributed by atoms with Crippen molar-refractivity contribution in [3.63, 3.8) is 0 Å². The van der Waals surface area contributed by atoms with Crippen molar-refractivity contribution in [2.24, 2.45) is 0 Å². The molecule has 0 saturated carbocycles. The number of aryl methyl sites for hydroxylation is 1. The minimum atomic E-state index is 0.763. The quantitative estimate of drug-likeness (QED) is 0.707. The van der Waals surface area contributed by atoms with E-state index in [1.165, 1.54) is 0 Å². The second-order valence-electron chi connectivity index (χ2n) is 3.93. The predicted molar refractivity (Wildman–Crippen MR) is 79.4 cm³/mol. The summed E-state index contributed by atoms with van der Waals surface area (Å²) >= 11 is 6.91. The van der Waals surface area contributed by atoms with E-state index >= 15 is 0 Å². The smallest absolute Gasteiger partial charge is 0.165 e. The van der Waals surface area contributed by atoms with Gasteiger partial charge in [0.05, 0.1) is 12.4 Å². The number of ether oxygens (including phenoxy) is 1. The minimum Gasteiger partial charge on any atom is -0.454 e. The lowest BCUT2D eigenvalue weighted by Gasteiger charge is -2.08. The fourth-order valence-electron chi connectivity index (χ4n) is 1.61. The van der Waals surface area contributed by atoms with Crippen LogP contribution in [0.5, 0.6) is 11.5 Å². The van der Waals surface area contributed by atoms with Gasteiger partial charge in [-0.3, -0.25) is 4.68 Å². The van der Waals surface area contributed by atoms with Crippen LogP contribution in [-0.2, 0) is 11.9 Å². The van der Waals surface area contributed by atoms with Crippen molar-refractivity contribution >= 4 is 31.9 Å². The average molecular weight is 374 g/mol. The summed E-state index contributed by atoms with van der Waals surface area (Å²) in [6, 6.07) is 6.00. The fourth-order valence-corrected chi connectivity index (χ4v) is 2.41. The summed E-state index contributed by atoms with van der Waals surface area (Å²) in [7, 11) is 0. The van der Waals surface area contributed by atoms with Gasteiger partial charge in [0.1, 0.15) is 5.75 Å². The number of hydrogen-bond acceptors (Lipinski definition) is 2. The summed E-state index contributed by atoms with van der Waals surface area (Å²) in [5.74, 6) is 1.61. The molecule has 2 rings (SSSR count). The molecule has 96 valence electrons. The largest absolute Gasteiger partial charge is 0.454 e. The van der Waals surface area contributed by atoms with E-state index in [2.05, 4.69) is 43.9 Å². The molecule has 1 aromatic carbocycles. The first kappa shape index (κ1) is 13.6. The summed E-state index contributed by atoms with van der Waals surface area (Å²) in [6.45, 7) is 3.03. The molecular weight excluding hydrogens is 360 g/mol. The topological polar surface area (TPSA) is 27.1 Å². The number of benzene rings is 1. The van der Waals surface area contributed by atoms with E-state index in [4.69, 9.17) is 4.74 Å². The third-order valence-corrected chi connectivity index (χ3v) is 3.56. The van der Waals surface area contributed by atoms with Crippen molar-refractivity contribution < 1.29 is 4.74 Å². The van der Waals surface area contributed by atoms with Gasteiger partial charge >= 0.3 is 0 Å². The van der Waals surface area contributed by atoms with Crippen molar-refractivity contribution in [3.8, 4) is 11.5 Å². The van der Waals surface area contributed by atoms with Crippen LogP contribution in [0.3, 0.4) is 0 Å². The molecule has 0 atom stereocenters. The highest BCUT2D eigenvalue weighted by Crippen LogP contribution is 2.29. The Morgan fingerprint density at radius 1 is 1.39 bits per heavy atom. The maximum Gasteiger partial charge on any atom is 0.165 e. The highest BCUT2D eigenvalue weighted by atomic mass is 79.9. The maximum atomic E-state index is 5.86. The Hall–Kier alpha value is -0.810. The van der Waals surface area contributed by atoms with Gasteiger partial charge in [-0.05, 0) is 18.6 Å². The Balaban J connectivity index is 2.19. The van der Waals surface area contributed by atoms with Crippen molar-refractivity contribution in [2.45, 2.75) is 25.2 Å². The molecule has 2 aromatic rings. The van der Waals surface area contributed by atoms with Crippen LogP contribution in [0.4, 0.5) is 0 Å². The monoisotopic (exact) mass is 372 g/mol. The van der Waals surface area contributed by atoms with E-state index in [0.717, 1.165) is 39.8 Å². The number of alkyl halides is 1. The SMILES string of the molecule is CCCn1cc(Oc2cc(Br)ccc2CBr)cn1. The molecule has 0 fully saturated rings. The van der Waals surface area contributed by atoms with E-state index in [1.807, 2.05) is 29.1 Å². The first-order valence-electron chi connectivity index (χ1n) is 5.77. The van der Waals surface area contributed by atoms with Crippen LogP contribution >= 0.6 is 31.9 Å². The molecule has 0 aliphatic heterocycles. The highest BCUT2D eigenvalue weighted by Gasteiger charge is 2.06. The van der Waals surface area contributed by atoms with Gasteiger partial charge in [0.25, 0.3) is 0 Å². The summed E-state index contributed by atoms with van der Waals surface area (Å²) < 4.78 is 8.76. The minimum absolute atomic E-state index is 0.763. The number of aromatic nitrogens is 2. The molecule has 1 aromatic heterocycles. The third kappa shape index (κ3) is 3.36. The first-order valence-corrected chi connectivity index (χ1v) is 7.69. The fraction of sp³-hybridized carbons (Fsp3) is 0.308. The summed E-state index contributed by atoms with van der Waals surface area (Å²) in [5, 5.41) is 5.01. The molecule has 5 heteroatoms. The lowest BCUT2D eigenvalue weighted by Crippen LogP contribution is -1.95. The molecule has 0 spiro atoms. The lowest BCUT2D eigenvalue weighted by molar-refractivity contribution is 0.476. The zero-order valence-corrected chi connectivity index (χ0v) is 13.2. The third-order valence-electron chi connectivity index (χ3n) is 2.46. The second-order valence-corrected chi connectivity index (χ2v) is 5.40. The van der Waals surface area contributed by atoms with Crippen LogP contribution in [0.15, 0.2) is 35.1 Å². The van der Waals surface area contributed by atoms with Crippen LogP contribution < -0.4 is 4.74 Å². The summed E-state index contributed by atoms with van der Waals surface area (Å²) in [4.78, 5) is 0. The first-order chi connectivity index (χ1) is 8.72. The van der Waals surface area contributed by atoms with Crippen LogP contribution in [0.2, 0.25) is 0 Å². The summed E-state index contributed by atoms with van der Waals surface area (Å²) in [6.07, 6.45) is 4.72. The Kier molecular flexibility index (Phi) is 4.83. The average Bonchev–Trinajstić information content (AvgIpc) is 2.77. The molecule has 0 aliphatic rings. The van der Waals surface area contributed by atoms with Crippen molar-refractivity contribution in [2.75, 3.05) is 0 Å². The molecule has 18 heavy (non-hydrogen) atoms.